The van der Waals surface area contributed by atoms with E-state index in [4.69, 9.17) is 16.3 Å². The lowest BCUT2D eigenvalue weighted by Gasteiger charge is -2.25. The molecule has 2 rings (SSSR count). The largest absolute Gasteiger partial charge is 0.378 e. The van der Waals surface area contributed by atoms with Crippen LogP contribution in [0.4, 0.5) is 0 Å². The van der Waals surface area contributed by atoms with E-state index >= 15 is 0 Å². The second-order valence-corrected chi connectivity index (χ2v) is 4.54. The van der Waals surface area contributed by atoms with Gasteiger partial charge in [-0.05, 0) is 23.8 Å². The van der Waals surface area contributed by atoms with Crippen molar-refractivity contribution < 1.29 is 4.74 Å². The van der Waals surface area contributed by atoms with Crippen molar-refractivity contribution >= 4 is 39.9 Å². The minimum atomic E-state index is 0. The molecule has 84 valence electrons. The molecule has 0 aliphatic carbocycles. The zero-order valence-electron chi connectivity index (χ0n) is 8.00. The first-order valence-electron chi connectivity index (χ1n) is 4.53. The topological polar surface area (TPSA) is 21.3 Å². The third-order valence-corrected chi connectivity index (χ3v) is 3.21. The fourth-order valence-corrected chi connectivity index (χ4v) is 2.25. The summed E-state index contributed by atoms with van der Waals surface area (Å²) in [5.41, 5.74) is 1.16. The molecule has 1 saturated heterocycles. The molecule has 1 fully saturated rings. The molecule has 15 heavy (non-hydrogen) atoms. The maximum atomic E-state index is 5.95. The van der Waals surface area contributed by atoms with E-state index in [-0.39, 0.29) is 18.4 Å². The quantitative estimate of drug-likeness (QED) is 0.860. The summed E-state index contributed by atoms with van der Waals surface area (Å²) in [6, 6.07) is 6.06. The number of rotatable bonds is 1. The van der Waals surface area contributed by atoms with Crippen LogP contribution in [0, 0.1) is 0 Å². The number of benzene rings is 1. The lowest BCUT2D eigenvalue weighted by molar-refractivity contribution is 0.0767. The Kier molecular flexibility index (Phi) is 5.36. The Balaban J connectivity index is 0.00000112. The average Bonchev–Trinajstić information content (AvgIpc) is 2.23. The van der Waals surface area contributed by atoms with Gasteiger partial charge in [0.2, 0.25) is 0 Å². The Morgan fingerprint density at radius 1 is 1.47 bits per heavy atom. The molecule has 0 bridgehead atoms. The summed E-state index contributed by atoms with van der Waals surface area (Å²) in [5, 5.41) is 4.15. The number of hydrogen-bond acceptors (Lipinski definition) is 2. The van der Waals surface area contributed by atoms with Crippen LogP contribution >= 0.6 is 39.9 Å². The van der Waals surface area contributed by atoms with Gasteiger partial charge in [0.15, 0.2) is 0 Å². The highest BCUT2D eigenvalue weighted by molar-refractivity contribution is 9.10. The van der Waals surface area contributed by atoms with Crippen molar-refractivity contribution in [1.29, 1.82) is 0 Å². The Labute approximate surface area is 109 Å². The van der Waals surface area contributed by atoms with Gasteiger partial charge in [0.1, 0.15) is 0 Å². The Bertz CT molecular complexity index is 329. The summed E-state index contributed by atoms with van der Waals surface area (Å²) in [6.45, 7) is 2.39. The number of ether oxygens (including phenoxy) is 1. The third kappa shape index (κ3) is 3.33. The molecule has 1 aliphatic heterocycles. The van der Waals surface area contributed by atoms with Gasteiger partial charge in [-0.25, -0.2) is 0 Å². The normalized spacial score (nSPS) is 20.8. The Morgan fingerprint density at radius 2 is 2.27 bits per heavy atom. The molecule has 1 aliphatic rings. The number of nitrogens with one attached hydrogen (secondary N) is 1. The summed E-state index contributed by atoms with van der Waals surface area (Å²) < 4.78 is 6.48. The highest BCUT2D eigenvalue weighted by atomic mass is 79.9. The maximum absolute atomic E-state index is 5.95. The molecular formula is C10H12BrCl2NO. The van der Waals surface area contributed by atoms with Gasteiger partial charge < -0.3 is 10.1 Å². The van der Waals surface area contributed by atoms with E-state index in [1.54, 1.807) is 0 Å². The van der Waals surface area contributed by atoms with Crippen LogP contribution in [0.2, 0.25) is 5.02 Å². The number of morpholine rings is 1. The van der Waals surface area contributed by atoms with Crippen molar-refractivity contribution in [1.82, 2.24) is 5.32 Å². The van der Waals surface area contributed by atoms with Crippen LogP contribution in [0.25, 0.3) is 0 Å². The molecule has 1 heterocycles. The van der Waals surface area contributed by atoms with Crippen LogP contribution in [0.15, 0.2) is 22.7 Å². The molecular weight excluding hydrogens is 301 g/mol. The van der Waals surface area contributed by atoms with Crippen LogP contribution in [0.5, 0.6) is 0 Å². The molecule has 0 radical (unpaired) electrons. The van der Waals surface area contributed by atoms with Gasteiger partial charge in [0, 0.05) is 16.0 Å². The molecule has 1 atom stereocenters. The van der Waals surface area contributed by atoms with Gasteiger partial charge in [-0.2, -0.15) is 0 Å². The highest BCUT2D eigenvalue weighted by Crippen LogP contribution is 2.27. The van der Waals surface area contributed by atoms with E-state index in [1.807, 2.05) is 18.2 Å². The van der Waals surface area contributed by atoms with E-state index < -0.39 is 0 Å². The van der Waals surface area contributed by atoms with Crippen LogP contribution in [0.1, 0.15) is 11.6 Å². The van der Waals surface area contributed by atoms with Gasteiger partial charge in [-0.1, -0.05) is 27.5 Å². The Morgan fingerprint density at radius 3 is 2.93 bits per heavy atom. The van der Waals surface area contributed by atoms with Gasteiger partial charge in [0.05, 0.1) is 19.3 Å². The van der Waals surface area contributed by atoms with E-state index in [0.717, 1.165) is 28.2 Å². The van der Waals surface area contributed by atoms with E-state index in [9.17, 15) is 0 Å². The van der Waals surface area contributed by atoms with E-state index in [1.165, 1.54) is 0 Å². The van der Waals surface area contributed by atoms with Crippen LogP contribution in [-0.4, -0.2) is 19.8 Å². The zero-order chi connectivity index (χ0) is 9.97. The predicted molar refractivity (Wildman–Crippen MR) is 68.0 cm³/mol. The lowest BCUT2D eigenvalue weighted by atomic mass is 10.1. The van der Waals surface area contributed by atoms with Crippen LogP contribution < -0.4 is 5.32 Å². The molecule has 0 saturated carbocycles. The summed E-state index contributed by atoms with van der Waals surface area (Å²) in [6.07, 6.45) is 0. The molecule has 1 N–H and O–H groups in total. The van der Waals surface area contributed by atoms with Gasteiger partial charge in [-0.15, -0.1) is 12.4 Å². The lowest BCUT2D eigenvalue weighted by Crippen LogP contribution is -2.34. The van der Waals surface area contributed by atoms with Crippen molar-refractivity contribution in [2.75, 3.05) is 19.8 Å². The summed E-state index contributed by atoms with van der Waals surface area (Å²) in [7, 11) is 0. The molecule has 2 nitrogen and oxygen atoms in total. The third-order valence-electron chi connectivity index (χ3n) is 2.26. The van der Waals surface area contributed by atoms with Crippen molar-refractivity contribution in [3.63, 3.8) is 0 Å². The second kappa shape index (κ2) is 6.06. The van der Waals surface area contributed by atoms with Gasteiger partial charge in [-0.3, -0.25) is 0 Å². The smallest absolute Gasteiger partial charge is 0.0662 e. The first-order valence-corrected chi connectivity index (χ1v) is 5.70. The minimum Gasteiger partial charge on any atom is -0.378 e. The first-order chi connectivity index (χ1) is 6.77. The van der Waals surface area contributed by atoms with E-state index in [0.29, 0.717) is 6.61 Å². The molecule has 5 heteroatoms. The second-order valence-electron chi connectivity index (χ2n) is 3.25. The zero-order valence-corrected chi connectivity index (χ0v) is 11.2. The molecule has 0 spiro atoms. The molecule has 0 aromatic heterocycles. The summed E-state index contributed by atoms with van der Waals surface area (Å²) in [5.74, 6) is 0. The highest BCUT2D eigenvalue weighted by Gasteiger charge is 2.17. The van der Waals surface area contributed by atoms with Gasteiger partial charge in [0.25, 0.3) is 0 Å². The maximum Gasteiger partial charge on any atom is 0.0662 e. The summed E-state index contributed by atoms with van der Waals surface area (Å²) in [4.78, 5) is 0. The predicted octanol–water partition coefficient (Wildman–Crippen LogP) is 3.19. The molecule has 0 unspecified atom stereocenters. The molecule has 1 aromatic carbocycles. The van der Waals surface area contributed by atoms with Crippen LogP contribution in [0.3, 0.4) is 0 Å². The summed E-state index contributed by atoms with van der Waals surface area (Å²) >= 11 is 9.46. The SMILES string of the molecule is Cl.Clc1ccc(Br)c([C@H]2COCCN2)c1. The van der Waals surface area contributed by atoms with Crippen molar-refractivity contribution in [3.8, 4) is 0 Å². The van der Waals surface area contributed by atoms with Crippen molar-refractivity contribution in [2.45, 2.75) is 6.04 Å². The minimum absolute atomic E-state index is 0. The molecule has 0 amide bonds. The molecule has 1 aromatic rings. The average molecular weight is 313 g/mol. The van der Waals surface area contributed by atoms with Gasteiger partial charge >= 0.3 is 0 Å². The van der Waals surface area contributed by atoms with E-state index in [2.05, 4.69) is 21.2 Å². The number of halogens is 3. The Hall–Kier alpha value is 0.200. The fourth-order valence-electron chi connectivity index (χ4n) is 1.55. The van der Waals surface area contributed by atoms with Crippen LogP contribution in [-0.2, 0) is 4.74 Å². The fraction of sp³-hybridized carbons (Fsp3) is 0.400. The number of hydrogen-bond donors (Lipinski definition) is 1. The van der Waals surface area contributed by atoms with Crippen molar-refractivity contribution in [2.24, 2.45) is 0 Å². The van der Waals surface area contributed by atoms with Crippen molar-refractivity contribution in [3.05, 3.63) is 33.3 Å². The monoisotopic (exact) mass is 311 g/mol. The standard InChI is InChI=1S/C10H11BrClNO.ClH/c11-9-2-1-7(12)5-8(9)10-6-14-4-3-13-10;/h1-2,5,10,13H,3-4,6H2;1H/t10-;/m1./s1. The first kappa shape index (κ1) is 13.3.